The maximum Gasteiger partial charge on any atom is 0.407 e. The average Bonchev–Trinajstić information content (AvgIpc) is 3.38. The summed E-state index contributed by atoms with van der Waals surface area (Å²) in [4.78, 5) is 13.1. The predicted octanol–water partition coefficient (Wildman–Crippen LogP) is 4.00. The molecular formula is C33H52N3O11PS. The van der Waals surface area contributed by atoms with Gasteiger partial charge in [-0.1, -0.05) is 26.0 Å². The van der Waals surface area contributed by atoms with Gasteiger partial charge >= 0.3 is 13.7 Å². The van der Waals surface area contributed by atoms with E-state index in [-0.39, 0.29) is 80.9 Å². The van der Waals surface area contributed by atoms with Crippen LogP contribution in [0.4, 0.5) is 10.5 Å². The van der Waals surface area contributed by atoms with Gasteiger partial charge in [0.2, 0.25) is 10.0 Å². The average molecular weight is 730 g/mol. The number of nitrogens with one attached hydrogen (secondary N) is 1. The van der Waals surface area contributed by atoms with Gasteiger partial charge in [-0.3, -0.25) is 4.57 Å². The first-order chi connectivity index (χ1) is 23.2. The molecule has 1 saturated heterocycles. The molecule has 5 N–H and O–H groups in total. The van der Waals surface area contributed by atoms with Crippen molar-refractivity contribution in [3.05, 3.63) is 54.1 Å². The van der Waals surface area contributed by atoms with Crippen molar-refractivity contribution in [1.29, 1.82) is 0 Å². The van der Waals surface area contributed by atoms with Crippen molar-refractivity contribution in [3.63, 3.8) is 0 Å². The van der Waals surface area contributed by atoms with E-state index in [0.29, 0.717) is 12.1 Å². The molecular weight excluding hydrogens is 677 g/mol. The lowest BCUT2D eigenvalue weighted by molar-refractivity contribution is 0.0526. The number of benzene rings is 2. The van der Waals surface area contributed by atoms with Gasteiger partial charge in [-0.25, -0.2) is 13.2 Å². The van der Waals surface area contributed by atoms with E-state index in [9.17, 15) is 28.0 Å². The monoisotopic (exact) mass is 729 g/mol. The molecule has 1 aliphatic heterocycles. The fourth-order valence-corrected chi connectivity index (χ4v) is 8.47. The van der Waals surface area contributed by atoms with Crippen molar-refractivity contribution < 1.29 is 51.2 Å². The number of sulfonamides is 1. The minimum atomic E-state index is -4.13. The number of carbonyl (C=O) groups is 1. The molecule has 276 valence electrons. The summed E-state index contributed by atoms with van der Waals surface area (Å²) in [7, 11) is -7.61. The molecule has 1 aliphatic rings. The van der Waals surface area contributed by atoms with E-state index in [4.69, 9.17) is 29.0 Å². The van der Waals surface area contributed by atoms with E-state index < -0.39 is 42.0 Å². The number of ether oxygens (including phenoxy) is 3. The standard InChI is InChI=1S/C33H52N3O11PS/c1-6-45-48(40,46-7-2)22-44-27-12-14-28(15-13-27)49(41,42)36(19-23(3)4)20-31(38)30(18-25-8-10-26(34)11-9-25)35-33(39)47-32-21-43-24(5)29(32)16-17-37/h8-15,23-24,29-32,37-38H,6-7,16-22,34H2,1-5H3,(H,35,39)/t24-,29+,30-,31+,32-/m0/s1. The highest BCUT2D eigenvalue weighted by Crippen LogP contribution is 2.47. The molecule has 1 fully saturated rings. The van der Waals surface area contributed by atoms with Crippen LogP contribution >= 0.6 is 7.60 Å². The number of rotatable bonds is 20. The molecule has 5 atom stereocenters. The molecule has 1 amide bonds. The summed E-state index contributed by atoms with van der Waals surface area (Å²) in [5.41, 5.74) is 7.14. The van der Waals surface area contributed by atoms with Crippen molar-refractivity contribution in [3.8, 4) is 5.75 Å². The summed E-state index contributed by atoms with van der Waals surface area (Å²) in [5, 5.41) is 23.8. The number of amides is 1. The van der Waals surface area contributed by atoms with Crippen molar-refractivity contribution >= 4 is 29.4 Å². The Labute approximate surface area is 289 Å². The summed E-state index contributed by atoms with van der Waals surface area (Å²) < 4.78 is 69.2. The Balaban J connectivity index is 1.80. The van der Waals surface area contributed by atoms with E-state index >= 15 is 0 Å². The fraction of sp³-hybridized carbons (Fsp3) is 0.606. The van der Waals surface area contributed by atoms with Crippen LogP contribution in [0.25, 0.3) is 0 Å². The maximum atomic E-state index is 13.9. The van der Waals surface area contributed by atoms with E-state index in [0.717, 1.165) is 5.56 Å². The number of alkyl carbamates (subject to hydrolysis) is 1. The summed E-state index contributed by atoms with van der Waals surface area (Å²) in [6.07, 6.45) is -2.73. The fourth-order valence-electron chi connectivity index (χ4n) is 5.53. The number of aliphatic hydroxyl groups is 2. The summed E-state index contributed by atoms with van der Waals surface area (Å²) >= 11 is 0. The second kappa shape index (κ2) is 19.0. The lowest BCUT2D eigenvalue weighted by Crippen LogP contribution is -2.51. The van der Waals surface area contributed by atoms with Gasteiger partial charge in [0.1, 0.15) is 11.9 Å². The third-order valence-electron chi connectivity index (χ3n) is 7.99. The highest BCUT2D eigenvalue weighted by molar-refractivity contribution is 7.89. The number of carbonyl (C=O) groups excluding carboxylic acids is 1. The summed E-state index contributed by atoms with van der Waals surface area (Å²) in [5.74, 6) is -0.0284. The molecule has 16 heteroatoms. The van der Waals surface area contributed by atoms with Gasteiger partial charge in [0.05, 0.1) is 43.0 Å². The normalized spacial score (nSPS) is 19.6. The van der Waals surface area contributed by atoms with Gasteiger partial charge < -0.3 is 44.5 Å². The molecule has 0 bridgehead atoms. The van der Waals surface area contributed by atoms with Crippen LogP contribution in [0.1, 0.15) is 46.6 Å². The van der Waals surface area contributed by atoms with Crippen LogP contribution in [0.15, 0.2) is 53.4 Å². The van der Waals surface area contributed by atoms with Gasteiger partial charge in [-0.2, -0.15) is 4.31 Å². The highest BCUT2D eigenvalue weighted by atomic mass is 32.2. The van der Waals surface area contributed by atoms with Crippen LogP contribution in [0.3, 0.4) is 0 Å². The van der Waals surface area contributed by atoms with Gasteiger partial charge in [-0.05, 0) is 81.5 Å². The zero-order valence-electron chi connectivity index (χ0n) is 28.9. The Hall–Kier alpha value is -2.75. The molecule has 3 rings (SSSR count). The smallest absolute Gasteiger partial charge is 0.407 e. The quantitative estimate of drug-likeness (QED) is 0.113. The number of nitrogen functional groups attached to an aromatic ring is 1. The van der Waals surface area contributed by atoms with Crippen LogP contribution in [0, 0.1) is 11.8 Å². The van der Waals surface area contributed by atoms with Gasteiger partial charge in [-0.15, -0.1) is 0 Å². The second-order valence-corrected chi connectivity index (χ2v) is 16.3. The van der Waals surface area contributed by atoms with E-state index in [1.54, 1.807) is 38.1 Å². The summed E-state index contributed by atoms with van der Waals surface area (Å²) in [6, 6.07) is 11.6. The molecule has 14 nitrogen and oxygen atoms in total. The molecule has 1 heterocycles. The van der Waals surface area contributed by atoms with Crippen LogP contribution < -0.4 is 15.8 Å². The van der Waals surface area contributed by atoms with Crippen molar-refractivity contribution in [2.24, 2.45) is 11.8 Å². The SMILES string of the molecule is CCOP(=O)(COc1ccc(S(=O)(=O)N(CC(C)C)C[C@@H](O)[C@H](Cc2ccc(N)cc2)NC(=O)O[C@H]2CO[C@@H](C)[C@H]2CCO)cc1)OCC. The number of aliphatic hydroxyl groups excluding tert-OH is 2. The summed E-state index contributed by atoms with van der Waals surface area (Å²) in [6.45, 7) is 9.13. The third-order valence-corrected chi connectivity index (χ3v) is 11.6. The number of nitrogens with two attached hydrogens (primary N) is 1. The van der Waals surface area contributed by atoms with Crippen LogP contribution in [-0.4, -0.2) is 99.2 Å². The molecule has 2 aromatic carbocycles. The molecule has 2 aromatic rings. The molecule has 0 aromatic heterocycles. The maximum absolute atomic E-state index is 13.9. The predicted molar refractivity (Wildman–Crippen MR) is 185 cm³/mol. The largest absolute Gasteiger partial charge is 0.481 e. The Morgan fingerprint density at radius 1 is 1.08 bits per heavy atom. The van der Waals surface area contributed by atoms with E-state index in [1.165, 1.54) is 28.6 Å². The topological polar surface area (TPSA) is 196 Å². The zero-order valence-corrected chi connectivity index (χ0v) is 30.6. The molecule has 0 saturated carbocycles. The first-order valence-corrected chi connectivity index (χ1v) is 19.7. The molecule has 0 unspecified atom stereocenters. The van der Waals surface area contributed by atoms with Gasteiger partial charge in [0, 0.05) is 31.3 Å². The highest BCUT2D eigenvalue weighted by Gasteiger charge is 2.38. The van der Waals surface area contributed by atoms with E-state index in [2.05, 4.69) is 5.32 Å². The first-order valence-electron chi connectivity index (χ1n) is 16.5. The van der Waals surface area contributed by atoms with Gasteiger partial charge in [0.15, 0.2) is 6.35 Å². The molecule has 49 heavy (non-hydrogen) atoms. The first kappa shape index (κ1) is 40.7. The minimum Gasteiger partial charge on any atom is -0.481 e. The molecule has 0 spiro atoms. The molecule has 0 aliphatic carbocycles. The van der Waals surface area contributed by atoms with Crippen molar-refractivity contribution in [1.82, 2.24) is 9.62 Å². The number of nitrogens with zero attached hydrogens (tertiary/aromatic N) is 1. The van der Waals surface area contributed by atoms with Crippen LogP contribution in [0.5, 0.6) is 5.75 Å². The minimum absolute atomic E-state index is 0.0433. The Morgan fingerprint density at radius 2 is 1.71 bits per heavy atom. The number of hydrogen-bond acceptors (Lipinski definition) is 12. The van der Waals surface area contributed by atoms with Crippen molar-refractivity contribution in [2.75, 3.05) is 51.6 Å². The van der Waals surface area contributed by atoms with Crippen LogP contribution in [-0.2, 0) is 39.5 Å². The molecule has 0 radical (unpaired) electrons. The second-order valence-electron chi connectivity index (χ2n) is 12.3. The lowest BCUT2D eigenvalue weighted by atomic mass is 9.96. The third kappa shape index (κ3) is 12.2. The van der Waals surface area contributed by atoms with Crippen LogP contribution in [0.2, 0.25) is 0 Å². The lowest BCUT2D eigenvalue weighted by Gasteiger charge is -2.31. The number of anilines is 1. The number of hydrogen-bond donors (Lipinski definition) is 4. The van der Waals surface area contributed by atoms with E-state index in [1.807, 2.05) is 20.8 Å². The Morgan fingerprint density at radius 3 is 2.29 bits per heavy atom. The van der Waals surface area contributed by atoms with Gasteiger partial charge in [0.25, 0.3) is 0 Å². The van der Waals surface area contributed by atoms with Crippen molar-refractivity contribution in [2.45, 2.75) is 76.7 Å². The Bertz CT molecular complexity index is 1450. The zero-order chi connectivity index (χ0) is 36.2. The Kier molecular flexibility index (Phi) is 15.8.